The van der Waals surface area contributed by atoms with Gasteiger partial charge in [0.05, 0.1) is 0 Å². The van der Waals surface area contributed by atoms with Crippen molar-refractivity contribution in [2.24, 2.45) is 0 Å². The van der Waals surface area contributed by atoms with Gasteiger partial charge in [-0.3, -0.25) is 0 Å². The molecule has 0 saturated heterocycles. The highest BCUT2D eigenvalue weighted by Crippen LogP contribution is 2.37. The predicted octanol–water partition coefficient (Wildman–Crippen LogP) is 1.74. The molecule has 0 radical (unpaired) electrons. The van der Waals surface area contributed by atoms with Gasteiger partial charge in [-0.05, 0) is 12.8 Å². The molecule has 0 spiro atoms. The van der Waals surface area contributed by atoms with Crippen molar-refractivity contribution in [3.8, 4) is 10.8 Å². The van der Waals surface area contributed by atoms with Gasteiger partial charge in [0.1, 0.15) is 6.33 Å². The zero-order valence-electron chi connectivity index (χ0n) is 6.92. The molecule has 0 bridgehead atoms. The lowest BCUT2D eigenvalue weighted by Gasteiger charge is -1.99. The Morgan fingerprint density at radius 1 is 1.46 bits per heavy atom. The van der Waals surface area contributed by atoms with Gasteiger partial charge in [0.15, 0.2) is 10.8 Å². The van der Waals surface area contributed by atoms with Gasteiger partial charge in [-0.15, -0.1) is 21.5 Å². The highest BCUT2D eigenvalue weighted by atomic mass is 32.1. The fourth-order valence-electron chi connectivity index (χ4n) is 1.35. The largest absolute Gasteiger partial charge is 0.308 e. The first kappa shape index (κ1) is 7.20. The van der Waals surface area contributed by atoms with Crippen LogP contribution in [0.25, 0.3) is 10.8 Å². The van der Waals surface area contributed by atoms with Crippen LogP contribution < -0.4 is 0 Å². The second-order valence-electron chi connectivity index (χ2n) is 3.13. The molecule has 1 fully saturated rings. The molecule has 0 unspecified atom stereocenters. The van der Waals surface area contributed by atoms with Crippen molar-refractivity contribution >= 4 is 11.3 Å². The van der Waals surface area contributed by atoms with Crippen molar-refractivity contribution < 1.29 is 0 Å². The van der Waals surface area contributed by atoms with Crippen molar-refractivity contribution in [2.45, 2.75) is 18.9 Å². The highest BCUT2D eigenvalue weighted by Gasteiger charge is 2.27. The summed E-state index contributed by atoms with van der Waals surface area (Å²) in [5, 5.41) is 10.9. The summed E-state index contributed by atoms with van der Waals surface area (Å²) in [5.41, 5.74) is 0. The molecule has 4 nitrogen and oxygen atoms in total. The minimum Gasteiger partial charge on any atom is -0.308 e. The molecule has 0 atom stereocenters. The van der Waals surface area contributed by atoms with E-state index in [0.29, 0.717) is 6.04 Å². The number of hydrogen-bond donors (Lipinski definition) is 0. The van der Waals surface area contributed by atoms with Crippen LogP contribution in [-0.2, 0) is 0 Å². The average molecular weight is 192 g/mol. The van der Waals surface area contributed by atoms with E-state index < -0.39 is 0 Å². The molecule has 3 rings (SSSR count). The zero-order chi connectivity index (χ0) is 8.67. The maximum absolute atomic E-state index is 4.22. The molecular formula is C8H8N4S. The summed E-state index contributed by atoms with van der Waals surface area (Å²) in [6, 6.07) is 0.619. The van der Waals surface area contributed by atoms with Crippen LogP contribution in [0.5, 0.6) is 0 Å². The Kier molecular flexibility index (Phi) is 1.46. The van der Waals surface area contributed by atoms with E-state index in [4.69, 9.17) is 0 Å². The summed E-state index contributed by atoms with van der Waals surface area (Å²) in [4.78, 5) is 4.22. The average Bonchev–Trinajstić information content (AvgIpc) is 2.72. The maximum Gasteiger partial charge on any atom is 0.193 e. The third kappa shape index (κ3) is 1.16. The Labute approximate surface area is 79.3 Å². The molecule has 0 amide bonds. The summed E-state index contributed by atoms with van der Waals surface area (Å²) in [6.07, 6.45) is 6.09. The lowest BCUT2D eigenvalue weighted by molar-refractivity contribution is 0.745. The van der Waals surface area contributed by atoms with E-state index in [1.807, 2.05) is 5.38 Å². The van der Waals surface area contributed by atoms with Gasteiger partial charge in [0, 0.05) is 17.6 Å². The van der Waals surface area contributed by atoms with E-state index in [9.17, 15) is 0 Å². The molecule has 0 N–H and O–H groups in total. The normalized spacial score (nSPS) is 16.3. The first-order chi connectivity index (χ1) is 6.45. The van der Waals surface area contributed by atoms with Gasteiger partial charge < -0.3 is 4.57 Å². The zero-order valence-corrected chi connectivity index (χ0v) is 7.74. The maximum atomic E-state index is 4.22. The SMILES string of the molecule is c1csc(-c2nncn2C2CC2)n1. The highest BCUT2D eigenvalue weighted by molar-refractivity contribution is 7.13. The third-order valence-electron chi connectivity index (χ3n) is 2.14. The Balaban J connectivity index is 2.08. The minimum atomic E-state index is 0.619. The molecule has 5 heteroatoms. The minimum absolute atomic E-state index is 0.619. The summed E-state index contributed by atoms with van der Waals surface area (Å²) in [6.45, 7) is 0. The Hall–Kier alpha value is -1.23. The lowest BCUT2D eigenvalue weighted by Crippen LogP contribution is -1.94. The molecule has 2 aromatic rings. The van der Waals surface area contributed by atoms with Crippen molar-refractivity contribution in [1.29, 1.82) is 0 Å². The molecule has 0 aliphatic heterocycles. The fourth-order valence-corrected chi connectivity index (χ4v) is 1.97. The number of rotatable bonds is 2. The lowest BCUT2D eigenvalue weighted by atomic mass is 10.5. The van der Waals surface area contributed by atoms with Gasteiger partial charge in [-0.1, -0.05) is 0 Å². The Morgan fingerprint density at radius 2 is 2.38 bits per heavy atom. The second-order valence-corrected chi connectivity index (χ2v) is 4.02. The number of aromatic nitrogens is 4. The van der Waals surface area contributed by atoms with Crippen LogP contribution in [0.2, 0.25) is 0 Å². The van der Waals surface area contributed by atoms with Crippen LogP contribution in [0.1, 0.15) is 18.9 Å². The Bertz CT molecular complexity index is 401. The summed E-state index contributed by atoms with van der Waals surface area (Å²) >= 11 is 1.61. The van der Waals surface area contributed by atoms with E-state index in [-0.39, 0.29) is 0 Å². The van der Waals surface area contributed by atoms with E-state index in [1.165, 1.54) is 12.8 Å². The predicted molar refractivity (Wildman–Crippen MR) is 49.4 cm³/mol. The first-order valence-corrected chi connectivity index (χ1v) is 5.12. The smallest absolute Gasteiger partial charge is 0.193 e. The Morgan fingerprint density at radius 3 is 3.08 bits per heavy atom. The molecule has 0 aromatic carbocycles. The van der Waals surface area contributed by atoms with Crippen LogP contribution in [0.3, 0.4) is 0 Å². The van der Waals surface area contributed by atoms with Crippen molar-refractivity contribution in [3.05, 3.63) is 17.9 Å². The van der Waals surface area contributed by atoms with Crippen LogP contribution in [0.15, 0.2) is 17.9 Å². The van der Waals surface area contributed by atoms with E-state index in [2.05, 4.69) is 19.7 Å². The summed E-state index contributed by atoms with van der Waals surface area (Å²) in [5.74, 6) is 0.914. The van der Waals surface area contributed by atoms with Crippen LogP contribution in [-0.4, -0.2) is 19.7 Å². The summed E-state index contributed by atoms with van der Waals surface area (Å²) < 4.78 is 2.12. The van der Waals surface area contributed by atoms with Crippen molar-refractivity contribution in [1.82, 2.24) is 19.7 Å². The molecule has 1 aliphatic carbocycles. The van der Waals surface area contributed by atoms with Crippen LogP contribution >= 0.6 is 11.3 Å². The number of nitrogens with zero attached hydrogens (tertiary/aromatic N) is 4. The van der Waals surface area contributed by atoms with Gasteiger partial charge in [0.2, 0.25) is 0 Å². The molecular weight excluding hydrogens is 184 g/mol. The van der Waals surface area contributed by atoms with Gasteiger partial charge >= 0.3 is 0 Å². The molecule has 1 saturated carbocycles. The van der Waals surface area contributed by atoms with Gasteiger partial charge in [0.25, 0.3) is 0 Å². The topological polar surface area (TPSA) is 43.6 Å². The van der Waals surface area contributed by atoms with Crippen molar-refractivity contribution in [3.63, 3.8) is 0 Å². The second kappa shape index (κ2) is 2.63. The van der Waals surface area contributed by atoms with E-state index in [0.717, 1.165) is 10.8 Å². The molecule has 2 aromatic heterocycles. The summed E-state index contributed by atoms with van der Waals surface area (Å²) in [7, 11) is 0. The standard InChI is InChI=1S/C8H8N4S/c1-2-6(1)12-5-10-11-7(12)8-9-3-4-13-8/h3-6H,1-2H2. The van der Waals surface area contributed by atoms with Crippen LogP contribution in [0, 0.1) is 0 Å². The van der Waals surface area contributed by atoms with Gasteiger partial charge in [-0.2, -0.15) is 0 Å². The van der Waals surface area contributed by atoms with Crippen LogP contribution in [0.4, 0.5) is 0 Å². The van der Waals surface area contributed by atoms with E-state index >= 15 is 0 Å². The third-order valence-corrected chi connectivity index (χ3v) is 2.91. The molecule has 66 valence electrons. The van der Waals surface area contributed by atoms with E-state index in [1.54, 1.807) is 23.9 Å². The molecule has 13 heavy (non-hydrogen) atoms. The van der Waals surface area contributed by atoms with Gasteiger partial charge in [-0.25, -0.2) is 4.98 Å². The molecule has 1 aliphatic rings. The number of hydrogen-bond acceptors (Lipinski definition) is 4. The number of thiazole rings is 1. The monoisotopic (exact) mass is 192 g/mol. The quantitative estimate of drug-likeness (QED) is 0.727. The fraction of sp³-hybridized carbons (Fsp3) is 0.375. The molecule has 2 heterocycles. The van der Waals surface area contributed by atoms with Crippen molar-refractivity contribution in [2.75, 3.05) is 0 Å². The first-order valence-electron chi connectivity index (χ1n) is 4.24.